The Balaban J connectivity index is 1.29. The molecule has 6 aromatic rings. The van der Waals surface area contributed by atoms with Crippen LogP contribution in [0.15, 0.2) is 24.4 Å². The highest BCUT2D eigenvalue weighted by atomic mass is 19.1. The molecule has 0 bridgehead atoms. The number of aryl methyl sites for hydroxylation is 2. The zero-order chi connectivity index (χ0) is 34.5. The van der Waals surface area contributed by atoms with E-state index in [0.29, 0.717) is 86.9 Å². The first-order valence-electron chi connectivity index (χ1n) is 16.9. The molecule has 0 spiro atoms. The molecule has 7 heterocycles. The Morgan fingerprint density at radius 2 is 2.06 bits per heavy atom. The predicted octanol–water partition coefficient (Wildman–Crippen LogP) is 4.11. The summed E-state index contributed by atoms with van der Waals surface area (Å²) in [6.45, 7) is 4.47. The van der Waals surface area contributed by atoms with E-state index in [-0.39, 0.29) is 31.3 Å². The number of ether oxygens (including phenoxy) is 2. The zero-order valence-corrected chi connectivity index (χ0v) is 28.0. The van der Waals surface area contributed by atoms with Crippen LogP contribution in [0.2, 0.25) is 0 Å². The molecule has 3 atom stereocenters. The molecule has 15 heteroatoms. The SMILES string of the molecule is Cn1nc(-c2c3cn[nH]c3cc3ccc(F)c(C#N)c23)c2c1c1c(N3CCOC[C@@](C)(O)C3)nc(OC[C@@]34CCCN3C[C@H](F)C4)nc1n2C. The van der Waals surface area contributed by atoms with Crippen molar-refractivity contribution in [3.63, 3.8) is 0 Å². The summed E-state index contributed by atoms with van der Waals surface area (Å²) >= 11 is 0. The summed E-state index contributed by atoms with van der Waals surface area (Å²) in [5.74, 6) is -0.0815. The van der Waals surface area contributed by atoms with Crippen molar-refractivity contribution in [2.24, 2.45) is 14.1 Å². The maximum atomic E-state index is 15.2. The van der Waals surface area contributed by atoms with Crippen molar-refractivity contribution in [2.75, 3.05) is 50.9 Å². The van der Waals surface area contributed by atoms with Crippen LogP contribution in [0.5, 0.6) is 6.01 Å². The van der Waals surface area contributed by atoms with Crippen LogP contribution in [-0.4, -0.2) is 108 Å². The molecule has 3 fully saturated rings. The van der Waals surface area contributed by atoms with Crippen molar-refractivity contribution in [1.82, 2.24) is 39.4 Å². The van der Waals surface area contributed by atoms with E-state index in [4.69, 9.17) is 24.5 Å². The van der Waals surface area contributed by atoms with Gasteiger partial charge in [-0.1, -0.05) is 6.07 Å². The molecule has 0 amide bonds. The molecule has 50 heavy (non-hydrogen) atoms. The van der Waals surface area contributed by atoms with E-state index in [0.717, 1.165) is 19.4 Å². The van der Waals surface area contributed by atoms with E-state index < -0.39 is 23.1 Å². The van der Waals surface area contributed by atoms with E-state index >= 15 is 4.39 Å². The summed E-state index contributed by atoms with van der Waals surface area (Å²) in [5.41, 5.74) is 2.13. The molecule has 0 unspecified atom stereocenters. The molecule has 3 saturated heterocycles. The largest absolute Gasteiger partial charge is 0.461 e. The Morgan fingerprint density at radius 3 is 2.90 bits per heavy atom. The Labute approximate surface area is 285 Å². The number of β-amino-alcohol motifs (C(OH)–C–C–N with tert-alkyl or cyclic N) is 1. The molecular weight excluding hydrogens is 646 g/mol. The number of fused-ring (bicyclic) bond motifs is 6. The van der Waals surface area contributed by atoms with Gasteiger partial charge in [-0.2, -0.15) is 25.4 Å². The lowest BCUT2D eigenvalue weighted by atomic mass is 9.94. The lowest BCUT2D eigenvalue weighted by Gasteiger charge is -2.31. The summed E-state index contributed by atoms with van der Waals surface area (Å²) in [6, 6.07) is 7.02. The molecule has 258 valence electrons. The first kappa shape index (κ1) is 31.1. The third kappa shape index (κ3) is 4.58. The van der Waals surface area contributed by atoms with Crippen LogP contribution < -0.4 is 9.64 Å². The number of nitriles is 1. The van der Waals surface area contributed by atoms with Gasteiger partial charge >= 0.3 is 6.01 Å². The third-order valence-corrected chi connectivity index (χ3v) is 10.8. The second-order valence-electron chi connectivity index (χ2n) is 14.3. The fourth-order valence-electron chi connectivity index (χ4n) is 8.62. The number of H-pyrrole nitrogens is 1. The standard InChI is InChI=1S/C35H36F2N10O3/c1-34(48)16-46(9-10-49-17-34)32-27-29-30(44(2)31(27)40-33(41-32)50-18-35-7-4-8-47(35)15-20(36)12-35)28(43-45(29)3)26-22-14-39-42-24(22)11-19-5-6-23(37)21(13-38)25(19)26/h5-6,11,14,20,48H,4,7-10,12,15-18H2,1-3H3,(H,39,42)/t20-,34+,35+/m1/s1. The van der Waals surface area contributed by atoms with Gasteiger partial charge in [-0.15, -0.1) is 0 Å². The second kappa shape index (κ2) is 11.0. The Kier molecular flexibility index (Phi) is 6.87. The molecule has 0 radical (unpaired) electrons. The molecule has 0 aliphatic carbocycles. The number of alkyl halides is 1. The van der Waals surface area contributed by atoms with E-state index in [2.05, 4.69) is 21.2 Å². The molecule has 3 aliphatic rings. The second-order valence-corrected chi connectivity index (χ2v) is 14.3. The summed E-state index contributed by atoms with van der Waals surface area (Å²) in [6.07, 6.45) is 3.00. The van der Waals surface area contributed by atoms with Crippen LogP contribution in [0.3, 0.4) is 0 Å². The summed E-state index contributed by atoms with van der Waals surface area (Å²) in [7, 11) is 3.70. The van der Waals surface area contributed by atoms with Crippen LogP contribution >= 0.6 is 0 Å². The lowest BCUT2D eigenvalue weighted by molar-refractivity contribution is -0.0123. The van der Waals surface area contributed by atoms with Crippen molar-refractivity contribution >= 4 is 49.6 Å². The van der Waals surface area contributed by atoms with E-state index in [1.165, 1.54) is 6.07 Å². The van der Waals surface area contributed by atoms with Gasteiger partial charge in [-0.3, -0.25) is 14.7 Å². The number of hydrogen-bond donors (Lipinski definition) is 2. The zero-order valence-electron chi connectivity index (χ0n) is 28.0. The number of anilines is 1. The summed E-state index contributed by atoms with van der Waals surface area (Å²) in [4.78, 5) is 14.1. The molecule has 0 saturated carbocycles. The quantitative estimate of drug-likeness (QED) is 0.273. The average Bonchev–Trinajstić information content (AvgIpc) is 3.87. The van der Waals surface area contributed by atoms with E-state index in [9.17, 15) is 14.8 Å². The molecular formula is C35H36F2N10O3. The van der Waals surface area contributed by atoms with Gasteiger partial charge < -0.3 is 24.0 Å². The fourth-order valence-corrected chi connectivity index (χ4v) is 8.62. The van der Waals surface area contributed by atoms with Gasteiger partial charge in [-0.05, 0) is 43.8 Å². The highest BCUT2D eigenvalue weighted by Crippen LogP contribution is 2.45. The smallest absolute Gasteiger partial charge is 0.320 e. The summed E-state index contributed by atoms with van der Waals surface area (Å²) in [5, 5.41) is 36.1. The maximum absolute atomic E-state index is 15.2. The fraction of sp³-hybridized carbons (Fsp3) is 0.457. The van der Waals surface area contributed by atoms with Gasteiger partial charge in [0.1, 0.15) is 41.8 Å². The molecule has 13 nitrogen and oxygen atoms in total. The number of halogens is 2. The van der Waals surface area contributed by atoms with Crippen molar-refractivity contribution in [1.29, 1.82) is 5.26 Å². The maximum Gasteiger partial charge on any atom is 0.320 e. The normalized spacial score (nSPS) is 24.5. The monoisotopic (exact) mass is 682 g/mol. The highest BCUT2D eigenvalue weighted by Gasteiger charge is 2.49. The highest BCUT2D eigenvalue weighted by molar-refractivity contribution is 6.20. The number of nitrogens with one attached hydrogen (secondary N) is 1. The lowest BCUT2D eigenvalue weighted by Crippen LogP contribution is -2.44. The van der Waals surface area contributed by atoms with Crippen LogP contribution in [0.1, 0.15) is 31.7 Å². The van der Waals surface area contributed by atoms with Crippen LogP contribution in [0.4, 0.5) is 14.6 Å². The van der Waals surface area contributed by atoms with Crippen molar-refractivity contribution < 1.29 is 23.4 Å². The minimum Gasteiger partial charge on any atom is -0.461 e. The molecule has 2 N–H and O–H groups in total. The van der Waals surface area contributed by atoms with Crippen LogP contribution in [-0.2, 0) is 18.8 Å². The third-order valence-electron chi connectivity index (χ3n) is 10.8. The minimum atomic E-state index is -1.16. The van der Waals surface area contributed by atoms with E-state index in [1.807, 2.05) is 29.6 Å². The van der Waals surface area contributed by atoms with Gasteiger partial charge in [0.05, 0.1) is 59.0 Å². The topological polar surface area (TPSA) is 146 Å². The van der Waals surface area contributed by atoms with Gasteiger partial charge in [-0.25, -0.2) is 8.78 Å². The number of rotatable bonds is 5. The molecule has 2 aromatic carbocycles. The summed E-state index contributed by atoms with van der Waals surface area (Å²) < 4.78 is 45.7. The first-order chi connectivity index (χ1) is 24.1. The van der Waals surface area contributed by atoms with Gasteiger partial charge in [0.25, 0.3) is 0 Å². The number of aromatic amines is 1. The number of aromatic nitrogens is 7. The number of aliphatic hydroxyl groups is 1. The Bertz CT molecular complexity index is 2390. The van der Waals surface area contributed by atoms with Gasteiger partial charge in [0, 0.05) is 49.9 Å². The van der Waals surface area contributed by atoms with Crippen molar-refractivity contribution in [3.8, 4) is 23.3 Å². The number of hydrogen-bond acceptors (Lipinski definition) is 10. The van der Waals surface area contributed by atoms with Crippen LogP contribution in [0, 0.1) is 17.1 Å². The number of benzene rings is 2. The molecule has 9 rings (SSSR count). The predicted molar refractivity (Wildman–Crippen MR) is 182 cm³/mol. The molecule has 3 aliphatic heterocycles. The van der Waals surface area contributed by atoms with Gasteiger partial charge in [0.2, 0.25) is 0 Å². The van der Waals surface area contributed by atoms with E-state index in [1.54, 1.807) is 23.9 Å². The first-order valence-corrected chi connectivity index (χ1v) is 16.9. The molecule has 4 aromatic heterocycles. The van der Waals surface area contributed by atoms with Crippen molar-refractivity contribution in [3.05, 3.63) is 35.8 Å². The van der Waals surface area contributed by atoms with Crippen molar-refractivity contribution in [2.45, 2.75) is 43.5 Å². The number of nitrogens with zero attached hydrogens (tertiary/aromatic N) is 9. The Morgan fingerprint density at radius 1 is 1.20 bits per heavy atom. The van der Waals surface area contributed by atoms with Gasteiger partial charge in [0.15, 0.2) is 5.65 Å². The average molecular weight is 683 g/mol. The minimum absolute atomic E-state index is 0.0797. The van der Waals surface area contributed by atoms with Crippen LogP contribution in [0.25, 0.3) is 55.0 Å². The Hall–Kier alpha value is -4.91.